The smallest absolute Gasteiger partial charge is 0.180 e. The second-order valence-electron chi connectivity index (χ2n) is 5.83. The molecule has 10 heteroatoms. The first-order valence-corrected chi connectivity index (χ1v) is 8.12. The number of hydrogen-bond donors (Lipinski definition) is 2. The van der Waals surface area contributed by atoms with Gasteiger partial charge in [0.2, 0.25) is 0 Å². The lowest BCUT2D eigenvalue weighted by Gasteiger charge is -2.08. The van der Waals surface area contributed by atoms with Gasteiger partial charge in [-0.2, -0.15) is 15.0 Å². The molecular weight excluding hydrogens is 344 g/mol. The fourth-order valence-electron chi connectivity index (χ4n) is 2.87. The zero-order chi connectivity index (χ0) is 18.2. The number of benzene rings is 1. The Morgan fingerprint density at radius 2 is 1.89 bits per heavy atom. The van der Waals surface area contributed by atoms with E-state index in [-0.39, 0.29) is 0 Å². The highest BCUT2D eigenvalue weighted by Crippen LogP contribution is 2.25. The summed E-state index contributed by atoms with van der Waals surface area (Å²) in [4.78, 5) is 14.1. The van der Waals surface area contributed by atoms with Gasteiger partial charge in [-0.1, -0.05) is 0 Å². The standard InChI is InChI=1S/C17H14N10/c18-27-9-12(7-22-27)15-8-21-17-16(20-5-6-25(15)17)24-13-1-3-14(4-2-13)26-11-19-10-23-26/h1-11H,18H2,(H,20,24). The number of nitrogens with one attached hydrogen (secondary N) is 1. The molecule has 27 heavy (non-hydrogen) atoms. The summed E-state index contributed by atoms with van der Waals surface area (Å²) in [5, 5.41) is 11.4. The van der Waals surface area contributed by atoms with Gasteiger partial charge in [-0.05, 0) is 24.3 Å². The average molecular weight is 358 g/mol. The molecule has 0 saturated carbocycles. The van der Waals surface area contributed by atoms with Crippen LogP contribution >= 0.6 is 0 Å². The molecule has 0 amide bonds. The van der Waals surface area contributed by atoms with Crippen LogP contribution in [0.4, 0.5) is 11.5 Å². The Hall–Kier alpha value is -4.21. The van der Waals surface area contributed by atoms with Crippen molar-refractivity contribution in [1.29, 1.82) is 0 Å². The van der Waals surface area contributed by atoms with E-state index in [0.717, 1.165) is 22.6 Å². The molecule has 0 spiro atoms. The molecule has 0 bridgehead atoms. The molecule has 1 aromatic carbocycles. The van der Waals surface area contributed by atoms with Crippen molar-refractivity contribution in [3.8, 4) is 16.9 Å². The fraction of sp³-hybridized carbons (Fsp3) is 0. The molecule has 0 aliphatic rings. The van der Waals surface area contributed by atoms with Gasteiger partial charge in [0.15, 0.2) is 11.5 Å². The Bertz CT molecular complexity index is 1200. The van der Waals surface area contributed by atoms with Crippen LogP contribution in [0.15, 0.2) is 67.9 Å². The van der Waals surface area contributed by atoms with E-state index in [1.807, 2.05) is 34.9 Å². The molecule has 0 saturated heterocycles. The molecular formula is C17H14N10. The normalized spacial score (nSPS) is 11.1. The summed E-state index contributed by atoms with van der Waals surface area (Å²) in [6.45, 7) is 0. The van der Waals surface area contributed by atoms with E-state index in [2.05, 4.69) is 30.5 Å². The Balaban J connectivity index is 1.48. The molecule has 0 aliphatic carbocycles. The molecule has 5 rings (SSSR count). The SMILES string of the molecule is Nn1cc(-c2cnc3c(Nc4ccc(-n5cncn5)cc4)nccn23)cn1. The average Bonchev–Trinajstić information content (AvgIpc) is 3.43. The molecule has 132 valence electrons. The van der Waals surface area contributed by atoms with E-state index in [1.54, 1.807) is 35.8 Å². The van der Waals surface area contributed by atoms with Crippen molar-refractivity contribution in [2.24, 2.45) is 0 Å². The lowest BCUT2D eigenvalue weighted by Crippen LogP contribution is -2.07. The van der Waals surface area contributed by atoms with Gasteiger partial charge in [0, 0.05) is 23.6 Å². The Morgan fingerprint density at radius 3 is 2.63 bits per heavy atom. The minimum Gasteiger partial charge on any atom is -0.337 e. The Morgan fingerprint density at radius 1 is 1.00 bits per heavy atom. The quantitative estimate of drug-likeness (QED) is 0.469. The number of imidazole rings is 1. The minimum absolute atomic E-state index is 0.650. The van der Waals surface area contributed by atoms with Gasteiger partial charge in [0.25, 0.3) is 0 Å². The maximum atomic E-state index is 5.65. The molecule has 5 aromatic rings. The number of nitrogen functional groups attached to an aromatic ring is 1. The van der Waals surface area contributed by atoms with E-state index >= 15 is 0 Å². The van der Waals surface area contributed by atoms with Crippen molar-refractivity contribution in [3.63, 3.8) is 0 Å². The topological polar surface area (TPSA) is 117 Å². The Labute approximate surface area is 152 Å². The number of rotatable bonds is 4. The predicted octanol–water partition coefficient (Wildman–Crippen LogP) is 1.63. The van der Waals surface area contributed by atoms with Crippen LogP contribution in [0.2, 0.25) is 0 Å². The summed E-state index contributed by atoms with van der Waals surface area (Å²) in [6.07, 6.45) is 11.9. The summed E-state index contributed by atoms with van der Waals surface area (Å²) in [5.74, 6) is 6.30. The number of nitrogens with two attached hydrogens (primary N) is 1. The summed E-state index contributed by atoms with van der Waals surface area (Å²) in [6, 6.07) is 7.79. The summed E-state index contributed by atoms with van der Waals surface area (Å²) in [7, 11) is 0. The van der Waals surface area contributed by atoms with Crippen LogP contribution in [-0.4, -0.2) is 39.0 Å². The van der Waals surface area contributed by atoms with Crippen molar-refractivity contribution in [2.45, 2.75) is 0 Å². The fourth-order valence-corrected chi connectivity index (χ4v) is 2.87. The van der Waals surface area contributed by atoms with Crippen LogP contribution in [0.1, 0.15) is 0 Å². The molecule has 4 heterocycles. The summed E-state index contributed by atoms with van der Waals surface area (Å²) >= 11 is 0. The third-order valence-corrected chi connectivity index (χ3v) is 4.14. The van der Waals surface area contributed by atoms with Gasteiger partial charge < -0.3 is 11.2 Å². The molecule has 4 aromatic heterocycles. The number of hydrogen-bond acceptors (Lipinski definition) is 7. The first-order chi connectivity index (χ1) is 13.3. The zero-order valence-electron chi connectivity index (χ0n) is 14.0. The summed E-state index contributed by atoms with van der Waals surface area (Å²) in [5.41, 5.74) is 4.27. The molecule has 3 N–H and O–H groups in total. The third kappa shape index (κ3) is 2.65. The second kappa shape index (κ2) is 5.95. The predicted molar refractivity (Wildman–Crippen MR) is 99.0 cm³/mol. The van der Waals surface area contributed by atoms with E-state index in [0.29, 0.717) is 11.5 Å². The van der Waals surface area contributed by atoms with Crippen LogP contribution in [-0.2, 0) is 0 Å². The summed E-state index contributed by atoms with van der Waals surface area (Å²) < 4.78 is 3.64. The van der Waals surface area contributed by atoms with Gasteiger partial charge in [-0.15, -0.1) is 0 Å². The number of aromatic nitrogens is 8. The lowest BCUT2D eigenvalue weighted by molar-refractivity contribution is 0.832. The maximum absolute atomic E-state index is 5.65. The first-order valence-electron chi connectivity index (χ1n) is 8.12. The lowest BCUT2D eigenvalue weighted by atomic mass is 10.3. The molecule has 0 fully saturated rings. The highest BCUT2D eigenvalue weighted by atomic mass is 15.5. The number of nitrogens with zero attached hydrogens (tertiary/aromatic N) is 8. The molecule has 10 nitrogen and oxygen atoms in total. The first kappa shape index (κ1) is 15.1. The van der Waals surface area contributed by atoms with E-state index in [1.165, 1.54) is 11.1 Å². The monoisotopic (exact) mass is 358 g/mol. The highest BCUT2D eigenvalue weighted by molar-refractivity contribution is 5.74. The van der Waals surface area contributed by atoms with E-state index in [4.69, 9.17) is 5.84 Å². The van der Waals surface area contributed by atoms with Crippen molar-refractivity contribution in [1.82, 2.24) is 39.0 Å². The second-order valence-corrected chi connectivity index (χ2v) is 5.83. The number of fused-ring (bicyclic) bond motifs is 1. The van der Waals surface area contributed by atoms with Crippen LogP contribution in [0.3, 0.4) is 0 Å². The van der Waals surface area contributed by atoms with Gasteiger partial charge >= 0.3 is 0 Å². The van der Waals surface area contributed by atoms with Crippen molar-refractivity contribution in [2.75, 3.05) is 11.2 Å². The third-order valence-electron chi connectivity index (χ3n) is 4.14. The van der Waals surface area contributed by atoms with Crippen LogP contribution < -0.4 is 11.2 Å². The van der Waals surface area contributed by atoms with Gasteiger partial charge in [-0.3, -0.25) is 4.40 Å². The van der Waals surface area contributed by atoms with Crippen LogP contribution in [0.25, 0.3) is 22.6 Å². The van der Waals surface area contributed by atoms with E-state index in [9.17, 15) is 0 Å². The van der Waals surface area contributed by atoms with Crippen molar-refractivity contribution in [3.05, 3.63) is 67.9 Å². The minimum atomic E-state index is 0.650. The zero-order valence-corrected chi connectivity index (χ0v) is 14.0. The van der Waals surface area contributed by atoms with Gasteiger partial charge in [-0.25, -0.2) is 19.6 Å². The molecule has 0 unspecified atom stereocenters. The molecule has 0 aliphatic heterocycles. The highest BCUT2D eigenvalue weighted by Gasteiger charge is 2.12. The van der Waals surface area contributed by atoms with Crippen molar-refractivity contribution >= 4 is 17.2 Å². The van der Waals surface area contributed by atoms with Crippen LogP contribution in [0, 0.1) is 0 Å². The Kier molecular flexibility index (Phi) is 3.32. The van der Waals surface area contributed by atoms with Crippen molar-refractivity contribution < 1.29 is 0 Å². The largest absolute Gasteiger partial charge is 0.337 e. The van der Waals surface area contributed by atoms with E-state index < -0.39 is 0 Å². The van der Waals surface area contributed by atoms with Gasteiger partial charge in [0.1, 0.15) is 12.7 Å². The molecule has 0 atom stereocenters. The molecule has 0 radical (unpaired) electrons. The number of anilines is 2. The maximum Gasteiger partial charge on any atom is 0.180 e. The van der Waals surface area contributed by atoms with Crippen LogP contribution in [0.5, 0.6) is 0 Å². The van der Waals surface area contributed by atoms with Gasteiger partial charge in [0.05, 0.1) is 30.0 Å².